The topological polar surface area (TPSA) is 84.2 Å². The van der Waals surface area contributed by atoms with Gasteiger partial charge in [0.1, 0.15) is 5.82 Å². The summed E-state index contributed by atoms with van der Waals surface area (Å²) in [6, 6.07) is 14.2. The van der Waals surface area contributed by atoms with Crippen LogP contribution in [-0.4, -0.2) is 26.5 Å². The molecule has 1 heterocycles. The Morgan fingerprint density at radius 2 is 1.96 bits per heavy atom. The summed E-state index contributed by atoms with van der Waals surface area (Å²) >= 11 is 0. The average molecular weight is 323 g/mol. The molecule has 0 saturated heterocycles. The van der Waals surface area contributed by atoms with Crippen molar-refractivity contribution >= 4 is 22.9 Å². The van der Waals surface area contributed by atoms with Gasteiger partial charge in [-0.2, -0.15) is 0 Å². The molecule has 6 nitrogen and oxygen atoms in total. The highest BCUT2D eigenvalue weighted by atomic mass is 16.4. The molecular formula is C18H17N3O3. The molecule has 0 aliphatic heterocycles. The third kappa shape index (κ3) is 3.27. The van der Waals surface area contributed by atoms with Crippen LogP contribution >= 0.6 is 0 Å². The van der Waals surface area contributed by atoms with Crippen LogP contribution in [0.1, 0.15) is 21.7 Å². The lowest BCUT2D eigenvalue weighted by atomic mass is 10.1. The standard InChI is InChI=1S/C18H17N3O3/c1-21-15-8-3-2-7-14(15)20-16(21)10-17(22)19-11-12-5-4-6-13(9-12)18(23)24/h2-9H,10-11H2,1H3,(H,19,22)(H,23,24). The lowest BCUT2D eigenvalue weighted by Crippen LogP contribution is -2.25. The Labute approximate surface area is 138 Å². The number of benzene rings is 2. The van der Waals surface area contributed by atoms with Gasteiger partial charge in [-0.25, -0.2) is 9.78 Å². The monoisotopic (exact) mass is 323 g/mol. The summed E-state index contributed by atoms with van der Waals surface area (Å²) in [5.41, 5.74) is 2.79. The molecule has 122 valence electrons. The molecule has 0 spiro atoms. The van der Waals surface area contributed by atoms with Gasteiger partial charge in [0.05, 0.1) is 23.0 Å². The zero-order valence-electron chi connectivity index (χ0n) is 13.2. The van der Waals surface area contributed by atoms with Gasteiger partial charge in [-0.15, -0.1) is 0 Å². The molecule has 0 radical (unpaired) electrons. The molecule has 0 atom stereocenters. The first-order chi connectivity index (χ1) is 11.5. The zero-order valence-corrected chi connectivity index (χ0v) is 13.2. The van der Waals surface area contributed by atoms with Gasteiger partial charge in [-0.05, 0) is 29.8 Å². The van der Waals surface area contributed by atoms with Crippen LogP contribution in [0.25, 0.3) is 11.0 Å². The highest BCUT2D eigenvalue weighted by Gasteiger charge is 2.11. The number of aromatic carboxylic acids is 1. The summed E-state index contributed by atoms with van der Waals surface area (Å²) in [5, 5.41) is 11.8. The molecule has 1 amide bonds. The van der Waals surface area contributed by atoms with E-state index in [1.54, 1.807) is 18.2 Å². The number of nitrogens with one attached hydrogen (secondary N) is 1. The van der Waals surface area contributed by atoms with E-state index in [1.807, 2.05) is 35.9 Å². The molecule has 6 heteroatoms. The van der Waals surface area contributed by atoms with E-state index >= 15 is 0 Å². The molecule has 0 aliphatic carbocycles. The van der Waals surface area contributed by atoms with E-state index in [0.29, 0.717) is 5.82 Å². The smallest absolute Gasteiger partial charge is 0.335 e. The van der Waals surface area contributed by atoms with Gasteiger partial charge in [0.25, 0.3) is 0 Å². The van der Waals surface area contributed by atoms with Crippen molar-refractivity contribution in [3.63, 3.8) is 0 Å². The maximum atomic E-state index is 12.2. The van der Waals surface area contributed by atoms with E-state index in [-0.39, 0.29) is 24.4 Å². The molecule has 0 aliphatic rings. The third-order valence-electron chi connectivity index (χ3n) is 3.86. The molecule has 1 aromatic heterocycles. The van der Waals surface area contributed by atoms with Gasteiger partial charge in [0, 0.05) is 13.6 Å². The Kier molecular flexibility index (Phi) is 4.29. The van der Waals surface area contributed by atoms with Gasteiger partial charge < -0.3 is 15.0 Å². The number of para-hydroxylation sites is 2. The van der Waals surface area contributed by atoms with Gasteiger partial charge >= 0.3 is 5.97 Å². The van der Waals surface area contributed by atoms with E-state index in [9.17, 15) is 9.59 Å². The number of carbonyl (C=O) groups is 2. The number of hydrogen-bond acceptors (Lipinski definition) is 3. The summed E-state index contributed by atoms with van der Waals surface area (Å²) in [6.07, 6.45) is 0.170. The second-order valence-corrected chi connectivity index (χ2v) is 5.53. The minimum Gasteiger partial charge on any atom is -0.478 e. The maximum absolute atomic E-state index is 12.2. The Morgan fingerprint density at radius 1 is 1.17 bits per heavy atom. The van der Waals surface area contributed by atoms with Gasteiger partial charge in [0.2, 0.25) is 5.91 Å². The van der Waals surface area contributed by atoms with Crippen molar-refractivity contribution in [2.24, 2.45) is 7.05 Å². The van der Waals surface area contributed by atoms with Crippen LogP contribution in [0.4, 0.5) is 0 Å². The van der Waals surface area contributed by atoms with Crippen LogP contribution in [0, 0.1) is 0 Å². The van der Waals surface area contributed by atoms with Crippen molar-refractivity contribution < 1.29 is 14.7 Å². The van der Waals surface area contributed by atoms with Crippen molar-refractivity contribution in [2.75, 3.05) is 0 Å². The van der Waals surface area contributed by atoms with Gasteiger partial charge in [-0.1, -0.05) is 24.3 Å². The molecule has 0 unspecified atom stereocenters. The summed E-state index contributed by atoms with van der Waals surface area (Å²) in [4.78, 5) is 27.6. The van der Waals surface area contributed by atoms with Crippen molar-refractivity contribution in [1.29, 1.82) is 0 Å². The first-order valence-corrected chi connectivity index (χ1v) is 7.54. The quantitative estimate of drug-likeness (QED) is 0.753. The SMILES string of the molecule is Cn1c(CC(=O)NCc2cccc(C(=O)O)c2)nc2ccccc21. The van der Waals surface area contributed by atoms with Crippen molar-refractivity contribution in [2.45, 2.75) is 13.0 Å². The summed E-state index contributed by atoms with van der Waals surface area (Å²) in [5.74, 6) is -0.454. The molecule has 24 heavy (non-hydrogen) atoms. The number of aromatic nitrogens is 2. The number of hydrogen-bond donors (Lipinski definition) is 2. The van der Waals surface area contributed by atoms with E-state index in [1.165, 1.54) is 6.07 Å². The Morgan fingerprint density at radius 3 is 2.71 bits per heavy atom. The highest BCUT2D eigenvalue weighted by molar-refractivity contribution is 5.87. The van der Waals surface area contributed by atoms with Crippen molar-refractivity contribution in [3.05, 3.63) is 65.5 Å². The minimum absolute atomic E-state index is 0.158. The molecule has 2 N–H and O–H groups in total. The molecular weight excluding hydrogens is 306 g/mol. The van der Waals surface area contributed by atoms with Gasteiger partial charge in [-0.3, -0.25) is 4.79 Å². The number of aryl methyl sites for hydroxylation is 1. The number of rotatable bonds is 5. The highest BCUT2D eigenvalue weighted by Crippen LogP contribution is 2.14. The van der Waals surface area contributed by atoms with Crippen molar-refractivity contribution in [3.8, 4) is 0 Å². The van der Waals surface area contributed by atoms with Crippen LogP contribution in [0.3, 0.4) is 0 Å². The molecule has 0 bridgehead atoms. The number of imidazole rings is 1. The molecule has 0 saturated carbocycles. The molecule has 3 rings (SSSR count). The second-order valence-electron chi connectivity index (χ2n) is 5.53. The van der Waals surface area contributed by atoms with E-state index in [2.05, 4.69) is 10.3 Å². The average Bonchev–Trinajstić information content (AvgIpc) is 2.89. The number of amides is 1. The first kappa shape index (κ1) is 15.7. The molecule has 2 aromatic carbocycles. The lowest BCUT2D eigenvalue weighted by Gasteiger charge is -2.06. The number of carboxylic acid groups (broad SMARTS) is 1. The predicted octanol–water partition coefficient (Wildman–Crippen LogP) is 2.13. The fourth-order valence-corrected chi connectivity index (χ4v) is 2.57. The lowest BCUT2D eigenvalue weighted by molar-refractivity contribution is -0.120. The predicted molar refractivity (Wildman–Crippen MR) is 89.7 cm³/mol. The Hall–Kier alpha value is -3.15. The number of nitrogens with zero attached hydrogens (tertiary/aromatic N) is 2. The number of carbonyl (C=O) groups excluding carboxylic acids is 1. The molecule has 0 fully saturated rings. The second kappa shape index (κ2) is 6.54. The van der Waals surface area contributed by atoms with Crippen LogP contribution in [0.5, 0.6) is 0 Å². The Bertz CT molecular complexity index is 915. The third-order valence-corrected chi connectivity index (χ3v) is 3.86. The number of carboxylic acids is 1. The van der Waals surface area contributed by atoms with E-state index < -0.39 is 5.97 Å². The zero-order chi connectivity index (χ0) is 17.1. The van der Waals surface area contributed by atoms with Crippen molar-refractivity contribution in [1.82, 2.24) is 14.9 Å². The normalized spacial score (nSPS) is 10.7. The van der Waals surface area contributed by atoms with E-state index in [0.717, 1.165) is 16.6 Å². The van der Waals surface area contributed by atoms with Crippen LogP contribution in [-0.2, 0) is 24.8 Å². The summed E-state index contributed by atoms with van der Waals surface area (Å²) < 4.78 is 1.90. The van der Waals surface area contributed by atoms with Crippen LogP contribution in [0.2, 0.25) is 0 Å². The minimum atomic E-state index is -0.983. The fraction of sp³-hybridized carbons (Fsp3) is 0.167. The first-order valence-electron chi connectivity index (χ1n) is 7.54. The summed E-state index contributed by atoms with van der Waals surface area (Å²) in [7, 11) is 1.88. The van der Waals surface area contributed by atoms with E-state index in [4.69, 9.17) is 5.11 Å². The maximum Gasteiger partial charge on any atom is 0.335 e. The molecule has 3 aromatic rings. The number of fused-ring (bicyclic) bond motifs is 1. The Balaban J connectivity index is 1.66. The largest absolute Gasteiger partial charge is 0.478 e. The van der Waals surface area contributed by atoms with Crippen LogP contribution in [0.15, 0.2) is 48.5 Å². The van der Waals surface area contributed by atoms with Gasteiger partial charge in [0.15, 0.2) is 0 Å². The summed E-state index contributed by atoms with van der Waals surface area (Å²) in [6.45, 7) is 0.282. The fourth-order valence-electron chi connectivity index (χ4n) is 2.57. The van der Waals surface area contributed by atoms with Crippen LogP contribution < -0.4 is 5.32 Å².